The molecule has 0 saturated heterocycles. The van der Waals surface area contributed by atoms with Crippen LogP contribution in [0.1, 0.15) is 6.42 Å². The number of carboxylic acids is 1. The summed E-state index contributed by atoms with van der Waals surface area (Å²) in [6.07, 6.45) is 0.232. The quantitative estimate of drug-likeness (QED) is 0.108. The van der Waals surface area contributed by atoms with E-state index < -0.39 is 20.6 Å². The predicted octanol–water partition coefficient (Wildman–Crippen LogP) is -1.64. The Bertz CT molecular complexity index is 265. The molecule has 0 spiro atoms. The van der Waals surface area contributed by atoms with Crippen LogP contribution < -0.4 is 74.6 Å². The second kappa shape index (κ2) is 19.9. The van der Waals surface area contributed by atoms with Gasteiger partial charge in [0, 0.05) is 7.11 Å². The number of aliphatic carboxylic acids is 1. The molecule has 0 heterocycles. The first-order valence-corrected chi connectivity index (χ1v) is 8.21. The fourth-order valence-electron chi connectivity index (χ4n) is 0.910. The summed E-state index contributed by atoms with van der Waals surface area (Å²) in [7, 11) is 6.26. The smallest absolute Gasteiger partial charge is 0.480 e. The first kappa shape index (κ1) is 32.2. The molecule has 0 aromatic rings. The normalized spacial score (nSPS) is 12.8. The van der Waals surface area contributed by atoms with E-state index in [2.05, 4.69) is 26.8 Å². The van der Waals surface area contributed by atoms with Gasteiger partial charge < -0.3 is 36.3 Å². The number of nitrogens with two attached hydrogens (primary N) is 1. The van der Waals surface area contributed by atoms with Crippen molar-refractivity contribution in [2.24, 2.45) is 5.73 Å². The number of hydrogen-bond donors (Lipinski definition) is 2. The minimum Gasteiger partial charge on any atom is -0.480 e. The molecule has 0 aliphatic carbocycles. The van der Waals surface area contributed by atoms with Gasteiger partial charge in [-0.1, -0.05) is 0 Å². The molecule has 11 heteroatoms. The Kier molecular flexibility index (Phi) is 29.1. The van der Waals surface area contributed by atoms with Gasteiger partial charge in [-0.15, -0.1) is 0 Å². The molecular formula is C11H27BCsIN2O5P+. The number of carbonyl (C=O) groups is 1. The third-order valence-corrected chi connectivity index (χ3v) is 3.14. The fraction of sp³-hybridized carbons (Fsp3) is 0.818. The first-order valence-electron chi connectivity index (χ1n) is 5.87. The zero-order chi connectivity index (χ0) is 16.2. The molecule has 2 radical (unpaired) electrons. The van der Waals surface area contributed by atoms with Gasteiger partial charge >= 0.3 is 83.5 Å². The number of halogens is 1. The average molecular weight is 569 g/mol. The SMILES string of the molecule is COP(OCCC(N)C(=O)O)OCC[N+](C)(C)C.[B]I.[CH3-].[Cs+]. The molecule has 126 valence electrons. The van der Waals surface area contributed by atoms with E-state index in [1.807, 2.05) is 0 Å². The summed E-state index contributed by atoms with van der Waals surface area (Å²) in [5, 5.41) is 8.60. The van der Waals surface area contributed by atoms with Crippen molar-refractivity contribution in [2.75, 3.05) is 48.0 Å². The number of quaternary nitrogens is 1. The van der Waals surface area contributed by atoms with Crippen LogP contribution in [0.5, 0.6) is 0 Å². The molecule has 2 atom stereocenters. The first-order chi connectivity index (χ1) is 9.26. The number of nitrogens with zero attached hydrogens (tertiary/aromatic N) is 1. The third kappa shape index (κ3) is 22.5. The van der Waals surface area contributed by atoms with Crippen LogP contribution in [-0.4, -0.2) is 75.3 Å². The van der Waals surface area contributed by atoms with Crippen molar-refractivity contribution in [3.63, 3.8) is 0 Å². The Morgan fingerprint density at radius 3 is 2.14 bits per heavy atom. The third-order valence-electron chi connectivity index (χ3n) is 2.05. The van der Waals surface area contributed by atoms with Gasteiger partial charge in [0.2, 0.25) is 0 Å². The second-order valence-corrected chi connectivity index (χ2v) is 6.15. The predicted molar refractivity (Wildman–Crippen MR) is 95.1 cm³/mol. The summed E-state index contributed by atoms with van der Waals surface area (Å²) in [6, 6.07) is -0.912. The molecule has 0 aliphatic rings. The zero-order valence-corrected chi connectivity index (χ0v) is 23.7. The van der Waals surface area contributed by atoms with Crippen LogP contribution in [0.3, 0.4) is 0 Å². The van der Waals surface area contributed by atoms with Gasteiger partial charge in [-0.2, -0.15) is 22.4 Å². The Morgan fingerprint density at radius 2 is 1.77 bits per heavy atom. The van der Waals surface area contributed by atoms with Gasteiger partial charge in [-0.25, -0.2) is 0 Å². The minimum absolute atomic E-state index is 0. The van der Waals surface area contributed by atoms with Gasteiger partial charge in [0.1, 0.15) is 19.2 Å². The molecule has 0 bridgehead atoms. The maximum Gasteiger partial charge on any atom is 1.00 e. The number of rotatable bonds is 10. The second-order valence-electron chi connectivity index (χ2n) is 4.82. The van der Waals surface area contributed by atoms with Crippen LogP contribution in [0.25, 0.3) is 0 Å². The number of likely N-dealkylation sites (N-methyl/N-ethyl adjacent to an activating group) is 1. The maximum absolute atomic E-state index is 10.5. The van der Waals surface area contributed by atoms with Crippen LogP contribution in [0.4, 0.5) is 0 Å². The maximum atomic E-state index is 10.5. The van der Waals surface area contributed by atoms with Crippen molar-refractivity contribution in [1.29, 1.82) is 0 Å². The van der Waals surface area contributed by atoms with Crippen molar-refractivity contribution >= 4 is 42.6 Å². The largest absolute Gasteiger partial charge is 1.00 e. The Balaban J connectivity index is -0.000000387. The van der Waals surface area contributed by atoms with E-state index in [0.717, 1.165) is 11.0 Å². The molecule has 0 aliphatic heterocycles. The van der Waals surface area contributed by atoms with Gasteiger partial charge in [0.05, 0.1) is 27.7 Å². The summed E-state index contributed by atoms with van der Waals surface area (Å²) in [6.45, 7) is 1.56. The standard InChI is InChI=1S/C10H23N2O5P.CH3.BI.Cs/c1-12(2,3)6-8-17-18(15-4)16-7-5-9(11)10(13)14;;1-2;/h9H,5-8,11H2,1-4H3;1H3;;/q;-1;;+1/p+1. The summed E-state index contributed by atoms with van der Waals surface area (Å²) >= 11 is 1.65. The van der Waals surface area contributed by atoms with E-state index in [-0.39, 0.29) is 89.3 Å². The van der Waals surface area contributed by atoms with Crippen molar-refractivity contribution in [1.82, 2.24) is 0 Å². The molecule has 0 rings (SSSR count). The van der Waals surface area contributed by atoms with Crippen molar-refractivity contribution < 1.29 is 96.8 Å². The van der Waals surface area contributed by atoms with Gasteiger partial charge in [0.15, 0.2) is 5.70 Å². The molecular weight excluding hydrogens is 542 g/mol. The molecule has 0 fully saturated rings. The van der Waals surface area contributed by atoms with Gasteiger partial charge in [-0.3, -0.25) is 4.79 Å². The molecule has 0 saturated carbocycles. The van der Waals surface area contributed by atoms with E-state index in [9.17, 15) is 4.79 Å². The number of hydrogen-bond acceptors (Lipinski definition) is 5. The Hall–Kier alpha value is 2.55. The van der Waals surface area contributed by atoms with E-state index >= 15 is 0 Å². The van der Waals surface area contributed by atoms with Gasteiger partial charge in [-0.05, 0) is 6.42 Å². The van der Waals surface area contributed by atoms with E-state index in [1.54, 1.807) is 22.4 Å². The zero-order valence-electron chi connectivity index (χ0n) is 14.4. The Morgan fingerprint density at radius 1 is 1.32 bits per heavy atom. The molecule has 7 nitrogen and oxygen atoms in total. The molecule has 0 aromatic heterocycles. The van der Waals surface area contributed by atoms with Crippen LogP contribution >= 0.6 is 31.0 Å². The van der Waals surface area contributed by atoms with Crippen molar-refractivity contribution in [3.05, 3.63) is 7.43 Å². The van der Waals surface area contributed by atoms with E-state index in [0.29, 0.717) is 6.61 Å². The Labute approximate surface area is 209 Å². The topological polar surface area (TPSA) is 91.0 Å². The summed E-state index contributed by atoms with van der Waals surface area (Å²) < 4.78 is 16.5. The molecule has 0 amide bonds. The molecule has 2 unspecified atom stereocenters. The van der Waals surface area contributed by atoms with Crippen LogP contribution in [0, 0.1) is 7.43 Å². The summed E-state index contributed by atoms with van der Waals surface area (Å²) in [4.78, 5) is 10.5. The van der Waals surface area contributed by atoms with E-state index in [1.165, 1.54) is 7.11 Å². The van der Waals surface area contributed by atoms with Crippen LogP contribution in [0.2, 0.25) is 0 Å². The van der Waals surface area contributed by atoms with Crippen molar-refractivity contribution in [3.8, 4) is 0 Å². The molecule has 22 heavy (non-hydrogen) atoms. The summed E-state index contributed by atoms with van der Waals surface area (Å²) in [5.41, 5.74) is 9.81. The average Bonchev–Trinajstić information content (AvgIpc) is 2.37. The molecule has 3 N–H and O–H groups in total. The van der Waals surface area contributed by atoms with Crippen LogP contribution in [-0.2, 0) is 18.4 Å². The minimum atomic E-state index is -1.42. The number of carboxylic acid groups (broad SMARTS) is 1. The monoisotopic (exact) mass is 569 g/mol. The molecule has 0 aromatic carbocycles. The van der Waals surface area contributed by atoms with Gasteiger partial charge in [0.25, 0.3) is 0 Å². The van der Waals surface area contributed by atoms with E-state index in [4.69, 9.17) is 24.4 Å². The van der Waals surface area contributed by atoms with Crippen molar-refractivity contribution in [2.45, 2.75) is 12.5 Å². The summed E-state index contributed by atoms with van der Waals surface area (Å²) in [5.74, 6) is -1.04. The van der Waals surface area contributed by atoms with Crippen LogP contribution in [0.15, 0.2) is 0 Å². The fourth-order valence-corrected chi connectivity index (χ4v) is 1.68.